The van der Waals surface area contributed by atoms with Gasteiger partial charge in [-0.15, -0.1) is 0 Å². The van der Waals surface area contributed by atoms with Gasteiger partial charge in [0.15, 0.2) is 0 Å². The SMILES string of the molecule is C=CC1=C(/C=C\C)C(/C=C\C)=C(C=C)C1(c1ccc(C)cc1)c1ccc(N)cc1. The summed E-state index contributed by atoms with van der Waals surface area (Å²) in [5, 5.41) is 0. The monoisotopic (exact) mass is 379 g/mol. The molecule has 0 atom stereocenters. The van der Waals surface area contributed by atoms with E-state index in [-0.39, 0.29) is 0 Å². The van der Waals surface area contributed by atoms with E-state index >= 15 is 0 Å². The van der Waals surface area contributed by atoms with Crippen LogP contribution in [0.4, 0.5) is 5.69 Å². The summed E-state index contributed by atoms with van der Waals surface area (Å²) in [6, 6.07) is 16.9. The standard InChI is InChI=1S/C28H29N/c1-6-10-24-25(11-7-2)27(9-4)28(26(24)8-3,21-14-12-20(5)13-15-21)22-16-18-23(29)19-17-22/h6-19H,3-4,29H2,1-2,5H3/b10-6-,11-7-. The van der Waals surface area contributed by atoms with Gasteiger partial charge < -0.3 is 5.73 Å². The zero-order valence-corrected chi connectivity index (χ0v) is 17.6. The zero-order chi connectivity index (χ0) is 21.0. The van der Waals surface area contributed by atoms with Crippen LogP contribution in [-0.4, -0.2) is 0 Å². The molecular formula is C28H29N. The number of anilines is 1. The molecule has 1 nitrogen and oxygen atoms in total. The molecule has 0 aromatic heterocycles. The fourth-order valence-electron chi connectivity index (χ4n) is 4.38. The van der Waals surface area contributed by atoms with Crippen LogP contribution in [0.15, 0.2) is 120 Å². The number of hydrogen-bond donors (Lipinski definition) is 1. The number of hydrogen-bond acceptors (Lipinski definition) is 1. The van der Waals surface area contributed by atoms with Crippen molar-refractivity contribution in [3.05, 3.63) is 137 Å². The molecule has 0 saturated carbocycles. The molecule has 2 aromatic rings. The summed E-state index contributed by atoms with van der Waals surface area (Å²) in [6.07, 6.45) is 12.5. The summed E-state index contributed by atoms with van der Waals surface area (Å²) in [5.74, 6) is 0. The molecule has 2 N–H and O–H groups in total. The van der Waals surface area contributed by atoms with Gasteiger partial charge in [0, 0.05) is 5.69 Å². The lowest BCUT2D eigenvalue weighted by atomic mass is 9.66. The van der Waals surface area contributed by atoms with Crippen molar-refractivity contribution >= 4 is 5.69 Å². The van der Waals surface area contributed by atoms with Crippen LogP contribution in [0, 0.1) is 6.92 Å². The van der Waals surface area contributed by atoms with Crippen LogP contribution in [0.2, 0.25) is 0 Å². The molecule has 29 heavy (non-hydrogen) atoms. The molecule has 0 heterocycles. The number of benzene rings is 2. The van der Waals surface area contributed by atoms with E-state index in [0.29, 0.717) is 0 Å². The lowest BCUT2D eigenvalue weighted by Crippen LogP contribution is -2.30. The van der Waals surface area contributed by atoms with Crippen LogP contribution < -0.4 is 5.73 Å². The van der Waals surface area contributed by atoms with Gasteiger partial charge in [0.2, 0.25) is 0 Å². The Balaban J connectivity index is 2.54. The Kier molecular flexibility index (Phi) is 5.89. The highest BCUT2D eigenvalue weighted by molar-refractivity contribution is 5.76. The van der Waals surface area contributed by atoms with E-state index in [9.17, 15) is 0 Å². The maximum absolute atomic E-state index is 6.02. The Morgan fingerprint density at radius 2 is 1.14 bits per heavy atom. The molecular weight excluding hydrogens is 350 g/mol. The normalized spacial score (nSPS) is 16.2. The average molecular weight is 380 g/mol. The van der Waals surface area contributed by atoms with Crippen molar-refractivity contribution < 1.29 is 0 Å². The first-order valence-electron chi connectivity index (χ1n) is 9.97. The van der Waals surface area contributed by atoms with E-state index in [1.54, 1.807) is 0 Å². The molecule has 1 aliphatic rings. The second kappa shape index (κ2) is 8.36. The van der Waals surface area contributed by atoms with E-state index in [0.717, 1.165) is 22.4 Å². The van der Waals surface area contributed by atoms with E-state index < -0.39 is 5.41 Å². The molecule has 0 radical (unpaired) electrons. The number of nitrogen functional groups attached to an aromatic ring is 1. The fraction of sp³-hybridized carbons (Fsp3) is 0.143. The van der Waals surface area contributed by atoms with E-state index in [2.05, 4.69) is 80.8 Å². The molecule has 146 valence electrons. The molecule has 0 amide bonds. The first-order chi connectivity index (χ1) is 14.0. The van der Waals surface area contributed by atoms with Crippen LogP contribution in [0.1, 0.15) is 30.5 Å². The topological polar surface area (TPSA) is 26.0 Å². The lowest BCUT2D eigenvalue weighted by Gasteiger charge is -2.35. The molecule has 0 unspecified atom stereocenters. The third-order valence-electron chi connectivity index (χ3n) is 5.58. The van der Waals surface area contributed by atoms with Crippen molar-refractivity contribution in [3.8, 4) is 0 Å². The minimum Gasteiger partial charge on any atom is -0.399 e. The molecule has 1 heteroatoms. The predicted octanol–water partition coefficient (Wildman–Crippen LogP) is 6.99. The van der Waals surface area contributed by atoms with Crippen molar-refractivity contribution in [2.45, 2.75) is 26.2 Å². The first-order valence-corrected chi connectivity index (χ1v) is 9.97. The zero-order valence-electron chi connectivity index (χ0n) is 17.6. The van der Waals surface area contributed by atoms with Crippen LogP contribution in [-0.2, 0) is 5.41 Å². The molecule has 3 rings (SSSR count). The third-order valence-corrected chi connectivity index (χ3v) is 5.58. The number of nitrogens with two attached hydrogens (primary N) is 1. The minimum atomic E-state index is -0.491. The van der Waals surface area contributed by atoms with Crippen molar-refractivity contribution in [1.29, 1.82) is 0 Å². The smallest absolute Gasteiger partial charge is 0.0713 e. The Hall–Kier alpha value is -3.32. The van der Waals surface area contributed by atoms with Crippen LogP contribution in [0.5, 0.6) is 0 Å². The molecule has 1 aliphatic carbocycles. The largest absolute Gasteiger partial charge is 0.399 e. The second-order valence-corrected chi connectivity index (χ2v) is 7.30. The highest BCUT2D eigenvalue weighted by atomic mass is 14.5. The van der Waals surface area contributed by atoms with Crippen molar-refractivity contribution in [2.24, 2.45) is 0 Å². The van der Waals surface area contributed by atoms with Gasteiger partial charge in [-0.1, -0.05) is 91.6 Å². The van der Waals surface area contributed by atoms with Crippen LogP contribution in [0.3, 0.4) is 0 Å². The van der Waals surface area contributed by atoms with E-state index in [1.807, 2.05) is 38.1 Å². The maximum Gasteiger partial charge on any atom is 0.0713 e. The molecule has 0 spiro atoms. The van der Waals surface area contributed by atoms with Gasteiger partial charge in [0.25, 0.3) is 0 Å². The minimum absolute atomic E-state index is 0.491. The quantitative estimate of drug-likeness (QED) is 0.538. The van der Waals surface area contributed by atoms with Crippen molar-refractivity contribution in [2.75, 3.05) is 5.73 Å². The lowest BCUT2D eigenvalue weighted by molar-refractivity contribution is 0.755. The Bertz CT molecular complexity index is 951. The number of aryl methyl sites for hydroxylation is 1. The third kappa shape index (κ3) is 3.23. The molecule has 0 bridgehead atoms. The van der Waals surface area contributed by atoms with Gasteiger partial charge in [-0.25, -0.2) is 0 Å². The van der Waals surface area contributed by atoms with E-state index in [1.165, 1.54) is 22.3 Å². The fourth-order valence-corrected chi connectivity index (χ4v) is 4.38. The summed E-state index contributed by atoms with van der Waals surface area (Å²) in [4.78, 5) is 0. The van der Waals surface area contributed by atoms with Gasteiger partial charge in [-0.2, -0.15) is 0 Å². The average Bonchev–Trinajstić information content (AvgIpc) is 2.99. The van der Waals surface area contributed by atoms with Crippen LogP contribution >= 0.6 is 0 Å². The molecule has 0 aliphatic heterocycles. The molecule has 2 aromatic carbocycles. The van der Waals surface area contributed by atoms with Gasteiger partial charge in [0.1, 0.15) is 0 Å². The van der Waals surface area contributed by atoms with E-state index in [4.69, 9.17) is 5.73 Å². The maximum atomic E-state index is 6.02. The number of allylic oxidation sites excluding steroid dienone is 10. The van der Waals surface area contributed by atoms with Gasteiger partial charge in [-0.05, 0) is 66.3 Å². The van der Waals surface area contributed by atoms with Gasteiger partial charge in [0.05, 0.1) is 5.41 Å². The van der Waals surface area contributed by atoms with Gasteiger partial charge in [-0.3, -0.25) is 0 Å². The Morgan fingerprint density at radius 3 is 1.52 bits per heavy atom. The Morgan fingerprint density at radius 1 is 0.724 bits per heavy atom. The summed E-state index contributed by atoms with van der Waals surface area (Å²) < 4.78 is 0. The molecule has 0 fully saturated rings. The summed E-state index contributed by atoms with van der Waals surface area (Å²) in [7, 11) is 0. The first kappa shape index (κ1) is 20.4. The van der Waals surface area contributed by atoms with Crippen molar-refractivity contribution in [3.63, 3.8) is 0 Å². The summed E-state index contributed by atoms with van der Waals surface area (Å²) >= 11 is 0. The van der Waals surface area contributed by atoms with Crippen molar-refractivity contribution in [1.82, 2.24) is 0 Å². The number of rotatable bonds is 6. The second-order valence-electron chi connectivity index (χ2n) is 7.30. The molecule has 0 saturated heterocycles. The van der Waals surface area contributed by atoms with Crippen LogP contribution in [0.25, 0.3) is 0 Å². The highest BCUT2D eigenvalue weighted by Crippen LogP contribution is 2.54. The predicted molar refractivity (Wildman–Crippen MR) is 127 cm³/mol. The summed E-state index contributed by atoms with van der Waals surface area (Å²) in [6.45, 7) is 14.6. The van der Waals surface area contributed by atoms with Gasteiger partial charge >= 0.3 is 0 Å². The summed E-state index contributed by atoms with van der Waals surface area (Å²) in [5.41, 5.74) is 14.5. The highest BCUT2D eigenvalue weighted by Gasteiger charge is 2.46. The Labute approximate surface area is 175 Å².